The highest BCUT2D eigenvalue weighted by Crippen LogP contribution is 2.27. The molecule has 0 fully saturated rings. The van der Waals surface area contributed by atoms with Crippen LogP contribution in [0.3, 0.4) is 0 Å². The summed E-state index contributed by atoms with van der Waals surface area (Å²) >= 11 is 10.5. The molecule has 1 aromatic heterocycles. The van der Waals surface area contributed by atoms with Gasteiger partial charge in [0.1, 0.15) is 5.82 Å². The Bertz CT molecular complexity index is 547. The molecule has 0 bridgehead atoms. The molecule has 2 nitrogen and oxygen atoms in total. The molecule has 0 saturated carbocycles. The fraction of sp³-hybridized carbons (Fsp3) is 0.167. The predicted octanol–water partition coefficient (Wildman–Crippen LogP) is 4.05. The van der Waals surface area contributed by atoms with E-state index in [1.807, 2.05) is 18.2 Å². The highest BCUT2D eigenvalue weighted by Gasteiger charge is 2.13. The van der Waals surface area contributed by atoms with E-state index in [9.17, 15) is 4.39 Å². The fourth-order valence-electron chi connectivity index (χ4n) is 1.66. The Labute approximate surface area is 122 Å². The lowest BCUT2D eigenvalue weighted by Crippen LogP contribution is -2.29. The molecule has 0 aliphatic heterocycles. The van der Waals surface area contributed by atoms with Gasteiger partial charge >= 0.3 is 0 Å². The van der Waals surface area contributed by atoms with E-state index in [2.05, 4.69) is 21.4 Å². The maximum absolute atomic E-state index is 13.5. The SMILES string of the molecule is NNC(Cc1ccc(Cl)s1)c1ccc(Br)c(F)c1. The first-order valence-electron chi connectivity index (χ1n) is 5.25. The molecule has 0 saturated heterocycles. The summed E-state index contributed by atoms with van der Waals surface area (Å²) in [5, 5.41) is 0. The van der Waals surface area contributed by atoms with Crippen molar-refractivity contribution in [3.63, 3.8) is 0 Å². The van der Waals surface area contributed by atoms with Crippen molar-refractivity contribution in [3.8, 4) is 0 Å². The van der Waals surface area contributed by atoms with Crippen LogP contribution in [0.5, 0.6) is 0 Å². The van der Waals surface area contributed by atoms with Gasteiger partial charge in [0.2, 0.25) is 0 Å². The van der Waals surface area contributed by atoms with Crippen LogP contribution >= 0.6 is 38.9 Å². The van der Waals surface area contributed by atoms with Crippen LogP contribution in [-0.4, -0.2) is 0 Å². The van der Waals surface area contributed by atoms with Crippen molar-refractivity contribution in [3.05, 3.63) is 55.4 Å². The molecule has 1 atom stereocenters. The lowest BCUT2D eigenvalue weighted by atomic mass is 10.0. The van der Waals surface area contributed by atoms with Crippen molar-refractivity contribution in [2.45, 2.75) is 12.5 Å². The highest BCUT2D eigenvalue weighted by atomic mass is 79.9. The molecule has 0 radical (unpaired) electrons. The van der Waals surface area contributed by atoms with Crippen molar-refractivity contribution in [1.82, 2.24) is 5.43 Å². The zero-order valence-corrected chi connectivity index (χ0v) is 12.4. The molecule has 0 aliphatic rings. The van der Waals surface area contributed by atoms with Crippen molar-refractivity contribution in [2.24, 2.45) is 5.84 Å². The van der Waals surface area contributed by atoms with Crippen LogP contribution in [0.1, 0.15) is 16.5 Å². The van der Waals surface area contributed by atoms with Gasteiger partial charge in [0, 0.05) is 11.3 Å². The summed E-state index contributed by atoms with van der Waals surface area (Å²) in [6.07, 6.45) is 0.676. The van der Waals surface area contributed by atoms with Crippen LogP contribution in [0.15, 0.2) is 34.8 Å². The minimum atomic E-state index is -0.294. The van der Waals surface area contributed by atoms with Gasteiger partial charge < -0.3 is 0 Å². The standard InChI is InChI=1S/C12H11BrClFN2S/c13-9-3-1-7(5-10(9)15)11(17-16)6-8-2-4-12(14)18-8/h1-5,11,17H,6,16H2. The third-order valence-electron chi connectivity index (χ3n) is 2.58. The first-order chi connectivity index (χ1) is 8.60. The van der Waals surface area contributed by atoms with Crippen molar-refractivity contribution in [2.75, 3.05) is 0 Å². The lowest BCUT2D eigenvalue weighted by molar-refractivity contribution is 0.547. The van der Waals surface area contributed by atoms with Crippen molar-refractivity contribution >= 4 is 38.9 Å². The van der Waals surface area contributed by atoms with Crippen LogP contribution in [0.25, 0.3) is 0 Å². The zero-order valence-electron chi connectivity index (χ0n) is 9.29. The number of hydrogen-bond acceptors (Lipinski definition) is 3. The van der Waals surface area contributed by atoms with Gasteiger partial charge in [0.15, 0.2) is 0 Å². The molecule has 0 amide bonds. The molecular weight excluding hydrogens is 339 g/mol. The number of benzene rings is 1. The second kappa shape index (κ2) is 6.12. The maximum atomic E-state index is 13.5. The van der Waals surface area contributed by atoms with Crippen LogP contribution < -0.4 is 11.3 Å². The number of hydrogen-bond donors (Lipinski definition) is 2. The van der Waals surface area contributed by atoms with E-state index >= 15 is 0 Å². The fourth-order valence-corrected chi connectivity index (χ4v) is 3.04. The summed E-state index contributed by atoms with van der Waals surface area (Å²) in [5.41, 5.74) is 3.51. The molecule has 6 heteroatoms. The van der Waals surface area contributed by atoms with Crippen molar-refractivity contribution < 1.29 is 4.39 Å². The van der Waals surface area contributed by atoms with E-state index in [4.69, 9.17) is 17.4 Å². The average Bonchev–Trinajstić information content (AvgIpc) is 2.75. The summed E-state index contributed by atoms with van der Waals surface area (Å²) in [7, 11) is 0. The Hall–Kier alpha value is -0.460. The van der Waals surface area contributed by atoms with E-state index in [1.165, 1.54) is 17.4 Å². The Kier molecular flexibility index (Phi) is 4.75. The van der Waals surface area contributed by atoms with Crippen molar-refractivity contribution in [1.29, 1.82) is 0 Å². The molecular formula is C12H11BrClFN2S. The maximum Gasteiger partial charge on any atom is 0.137 e. The second-order valence-corrected chi connectivity index (χ2v) is 6.46. The number of nitrogens with one attached hydrogen (secondary N) is 1. The molecule has 1 heterocycles. The van der Waals surface area contributed by atoms with Crippen LogP contribution in [0.4, 0.5) is 4.39 Å². The first kappa shape index (κ1) is 14.0. The quantitative estimate of drug-likeness (QED) is 0.645. The average molecular weight is 350 g/mol. The Morgan fingerprint density at radius 3 is 2.72 bits per heavy atom. The smallest absolute Gasteiger partial charge is 0.137 e. The van der Waals surface area contributed by atoms with E-state index in [0.29, 0.717) is 10.9 Å². The molecule has 1 aromatic carbocycles. The van der Waals surface area contributed by atoms with Gasteiger partial charge in [-0.05, 0) is 45.8 Å². The number of hydrazine groups is 1. The minimum absolute atomic E-state index is 0.137. The molecule has 3 N–H and O–H groups in total. The lowest BCUT2D eigenvalue weighted by Gasteiger charge is -2.15. The van der Waals surface area contributed by atoms with Gasteiger partial charge in [-0.15, -0.1) is 11.3 Å². The Morgan fingerprint density at radius 2 is 2.17 bits per heavy atom. The zero-order chi connectivity index (χ0) is 13.1. The predicted molar refractivity (Wildman–Crippen MR) is 77.2 cm³/mol. The van der Waals surface area contributed by atoms with Crippen LogP contribution in [-0.2, 0) is 6.42 Å². The van der Waals surface area contributed by atoms with Crippen LogP contribution in [0.2, 0.25) is 4.34 Å². The third-order valence-corrected chi connectivity index (χ3v) is 4.48. The summed E-state index contributed by atoms with van der Waals surface area (Å²) in [6.45, 7) is 0. The number of rotatable bonds is 4. The number of nitrogens with two attached hydrogens (primary N) is 1. The summed E-state index contributed by atoms with van der Waals surface area (Å²) < 4.78 is 14.7. The molecule has 0 spiro atoms. The summed E-state index contributed by atoms with van der Waals surface area (Å²) in [6, 6.07) is 8.65. The Balaban J connectivity index is 2.19. The topological polar surface area (TPSA) is 38.0 Å². The van der Waals surface area contributed by atoms with Gasteiger partial charge in [-0.2, -0.15) is 0 Å². The summed E-state index contributed by atoms with van der Waals surface area (Å²) in [5.74, 6) is 5.24. The number of thiophene rings is 1. The van der Waals surface area contributed by atoms with E-state index in [-0.39, 0.29) is 11.9 Å². The molecule has 18 heavy (non-hydrogen) atoms. The molecule has 2 aromatic rings. The second-order valence-electron chi connectivity index (χ2n) is 3.80. The van der Waals surface area contributed by atoms with Gasteiger partial charge in [-0.3, -0.25) is 11.3 Å². The van der Waals surface area contributed by atoms with Gasteiger partial charge in [-0.25, -0.2) is 4.39 Å². The Morgan fingerprint density at radius 1 is 1.39 bits per heavy atom. The van der Waals surface area contributed by atoms with E-state index in [0.717, 1.165) is 14.8 Å². The third kappa shape index (κ3) is 3.30. The minimum Gasteiger partial charge on any atom is -0.271 e. The normalized spacial score (nSPS) is 12.7. The molecule has 96 valence electrons. The number of halogens is 3. The first-order valence-corrected chi connectivity index (χ1v) is 7.24. The van der Waals surface area contributed by atoms with Crippen LogP contribution in [0, 0.1) is 5.82 Å². The molecule has 0 aliphatic carbocycles. The molecule has 2 rings (SSSR count). The molecule has 1 unspecified atom stereocenters. The summed E-state index contributed by atoms with van der Waals surface area (Å²) in [4.78, 5) is 1.10. The van der Waals surface area contributed by atoms with E-state index in [1.54, 1.807) is 6.07 Å². The van der Waals surface area contributed by atoms with Gasteiger partial charge in [0.25, 0.3) is 0 Å². The van der Waals surface area contributed by atoms with Gasteiger partial charge in [-0.1, -0.05) is 17.7 Å². The monoisotopic (exact) mass is 348 g/mol. The highest BCUT2D eigenvalue weighted by molar-refractivity contribution is 9.10. The van der Waals surface area contributed by atoms with E-state index < -0.39 is 0 Å². The largest absolute Gasteiger partial charge is 0.271 e. The van der Waals surface area contributed by atoms with Gasteiger partial charge in [0.05, 0.1) is 14.9 Å².